The largest absolute Gasteiger partial charge is 0.394 e. The number of aliphatic hydroxyl groups excluding tert-OH is 1. The highest BCUT2D eigenvalue weighted by molar-refractivity contribution is 5.81. The Morgan fingerprint density at radius 1 is 1.50 bits per heavy atom. The van der Waals surface area contributed by atoms with Gasteiger partial charge < -0.3 is 15.7 Å². The van der Waals surface area contributed by atoms with Gasteiger partial charge in [0.15, 0.2) is 0 Å². The van der Waals surface area contributed by atoms with Crippen molar-refractivity contribution >= 4 is 5.91 Å². The van der Waals surface area contributed by atoms with Crippen LogP contribution in [0.5, 0.6) is 0 Å². The summed E-state index contributed by atoms with van der Waals surface area (Å²) in [6.07, 6.45) is 0. The predicted octanol–water partition coefficient (Wildman–Crippen LogP) is -0.661. The second-order valence-electron chi connectivity index (χ2n) is 3.15. The summed E-state index contributed by atoms with van der Waals surface area (Å²) in [5, 5.41) is 14.3. The topological polar surface area (TPSA) is 61.4 Å². The van der Waals surface area contributed by atoms with Crippen LogP contribution >= 0.6 is 0 Å². The van der Waals surface area contributed by atoms with Crippen LogP contribution in [-0.4, -0.2) is 37.3 Å². The van der Waals surface area contributed by atoms with Crippen molar-refractivity contribution in [3.8, 4) is 0 Å². The third-order valence-electron chi connectivity index (χ3n) is 1.52. The minimum atomic E-state index is -0.475. The molecule has 0 heterocycles. The van der Waals surface area contributed by atoms with Crippen molar-refractivity contribution in [3.63, 3.8) is 0 Å². The van der Waals surface area contributed by atoms with E-state index in [9.17, 15) is 4.79 Å². The van der Waals surface area contributed by atoms with Crippen molar-refractivity contribution in [2.75, 3.05) is 20.2 Å². The molecule has 0 aliphatic carbocycles. The summed E-state index contributed by atoms with van der Waals surface area (Å²) in [4.78, 5) is 11.0. The van der Waals surface area contributed by atoms with E-state index in [1.54, 1.807) is 7.05 Å². The van der Waals surface area contributed by atoms with E-state index < -0.39 is 6.04 Å². The number of rotatable bonds is 5. The normalized spacial score (nSPS) is 13.1. The summed E-state index contributed by atoms with van der Waals surface area (Å²) in [5.74, 6) is 0.307. The Morgan fingerprint density at radius 3 is 2.42 bits per heavy atom. The molecule has 0 fully saturated rings. The van der Waals surface area contributed by atoms with Crippen molar-refractivity contribution in [2.24, 2.45) is 5.92 Å². The van der Waals surface area contributed by atoms with E-state index in [0.29, 0.717) is 5.92 Å². The number of aliphatic hydroxyl groups is 1. The van der Waals surface area contributed by atoms with Crippen LogP contribution in [0.1, 0.15) is 13.8 Å². The maximum atomic E-state index is 11.0. The Bertz CT molecular complexity index is 137. The smallest absolute Gasteiger partial charge is 0.239 e. The summed E-state index contributed by atoms with van der Waals surface area (Å²) in [5.41, 5.74) is 0. The van der Waals surface area contributed by atoms with Gasteiger partial charge in [-0.1, -0.05) is 13.8 Å². The zero-order chi connectivity index (χ0) is 9.56. The minimum absolute atomic E-state index is 0.160. The molecule has 0 saturated carbocycles. The molecule has 0 saturated heterocycles. The summed E-state index contributed by atoms with van der Waals surface area (Å²) in [7, 11) is 1.56. The van der Waals surface area contributed by atoms with E-state index in [0.717, 1.165) is 6.54 Å². The van der Waals surface area contributed by atoms with Gasteiger partial charge in [-0.25, -0.2) is 0 Å². The molecule has 0 bridgehead atoms. The van der Waals surface area contributed by atoms with Crippen LogP contribution in [-0.2, 0) is 4.79 Å². The molecule has 0 aromatic carbocycles. The molecule has 0 aliphatic rings. The minimum Gasteiger partial charge on any atom is -0.394 e. The molecule has 1 amide bonds. The van der Waals surface area contributed by atoms with E-state index in [1.165, 1.54) is 0 Å². The number of carbonyl (C=O) groups excluding carboxylic acids is 1. The first-order valence-corrected chi connectivity index (χ1v) is 4.17. The van der Waals surface area contributed by atoms with Gasteiger partial charge in [-0.2, -0.15) is 0 Å². The lowest BCUT2D eigenvalue weighted by Gasteiger charge is -2.15. The fourth-order valence-corrected chi connectivity index (χ4v) is 0.792. The maximum Gasteiger partial charge on any atom is 0.239 e. The number of hydrogen-bond donors (Lipinski definition) is 3. The molecular formula is C8H18N2O2. The molecule has 3 N–H and O–H groups in total. The van der Waals surface area contributed by atoms with E-state index in [4.69, 9.17) is 5.11 Å². The predicted molar refractivity (Wildman–Crippen MR) is 47.8 cm³/mol. The van der Waals surface area contributed by atoms with Crippen LogP contribution in [0.25, 0.3) is 0 Å². The Kier molecular flexibility index (Phi) is 5.66. The van der Waals surface area contributed by atoms with Crippen molar-refractivity contribution in [2.45, 2.75) is 19.9 Å². The fraction of sp³-hybridized carbons (Fsp3) is 0.875. The first kappa shape index (κ1) is 11.4. The van der Waals surface area contributed by atoms with Gasteiger partial charge in [0, 0.05) is 7.05 Å². The summed E-state index contributed by atoms with van der Waals surface area (Å²) in [6.45, 7) is 4.67. The highest BCUT2D eigenvalue weighted by Crippen LogP contribution is 1.90. The third kappa shape index (κ3) is 4.31. The van der Waals surface area contributed by atoms with Gasteiger partial charge in [0.1, 0.15) is 6.04 Å². The van der Waals surface area contributed by atoms with Gasteiger partial charge in [0.25, 0.3) is 0 Å². The third-order valence-corrected chi connectivity index (χ3v) is 1.52. The van der Waals surface area contributed by atoms with E-state index in [1.807, 2.05) is 13.8 Å². The lowest BCUT2D eigenvalue weighted by Crippen LogP contribution is -2.46. The Balaban J connectivity index is 3.75. The molecule has 4 nitrogen and oxygen atoms in total. The summed E-state index contributed by atoms with van der Waals surface area (Å²) in [6, 6.07) is -0.475. The molecule has 0 rings (SSSR count). The van der Waals surface area contributed by atoms with Crippen LogP contribution < -0.4 is 10.6 Å². The number of nitrogens with one attached hydrogen (secondary N) is 2. The standard InChI is InChI=1S/C8H18N2O2/c1-6(2)4-10-7(5-11)8(12)9-3/h6-7,10-11H,4-5H2,1-3H3,(H,9,12). The SMILES string of the molecule is CNC(=O)C(CO)NCC(C)C. The number of carbonyl (C=O) groups is 1. The molecule has 72 valence electrons. The average molecular weight is 174 g/mol. The van der Waals surface area contributed by atoms with Gasteiger partial charge >= 0.3 is 0 Å². The number of likely N-dealkylation sites (N-methyl/N-ethyl adjacent to an activating group) is 1. The van der Waals surface area contributed by atoms with Gasteiger partial charge in [-0.15, -0.1) is 0 Å². The summed E-state index contributed by atoms with van der Waals surface area (Å²) < 4.78 is 0. The zero-order valence-electron chi connectivity index (χ0n) is 7.92. The Labute approximate surface area is 73.3 Å². The molecule has 1 atom stereocenters. The quantitative estimate of drug-likeness (QED) is 0.518. The van der Waals surface area contributed by atoms with Crippen LogP contribution in [0, 0.1) is 5.92 Å². The molecule has 0 spiro atoms. The lowest BCUT2D eigenvalue weighted by molar-refractivity contribution is -0.123. The maximum absolute atomic E-state index is 11.0. The highest BCUT2D eigenvalue weighted by atomic mass is 16.3. The van der Waals surface area contributed by atoms with Gasteiger partial charge in [-0.05, 0) is 12.5 Å². The van der Waals surface area contributed by atoms with E-state index >= 15 is 0 Å². The summed E-state index contributed by atoms with van der Waals surface area (Å²) >= 11 is 0. The molecule has 12 heavy (non-hydrogen) atoms. The van der Waals surface area contributed by atoms with Crippen molar-refractivity contribution in [1.29, 1.82) is 0 Å². The second-order valence-corrected chi connectivity index (χ2v) is 3.15. The molecular weight excluding hydrogens is 156 g/mol. The lowest BCUT2D eigenvalue weighted by atomic mass is 10.2. The first-order chi connectivity index (χ1) is 5.61. The molecule has 4 heteroatoms. The number of amides is 1. The van der Waals surface area contributed by atoms with Gasteiger partial charge in [-0.3, -0.25) is 4.79 Å². The van der Waals surface area contributed by atoms with Crippen LogP contribution in [0.15, 0.2) is 0 Å². The number of hydrogen-bond acceptors (Lipinski definition) is 3. The monoisotopic (exact) mass is 174 g/mol. The van der Waals surface area contributed by atoms with Crippen molar-refractivity contribution in [1.82, 2.24) is 10.6 Å². The fourth-order valence-electron chi connectivity index (χ4n) is 0.792. The molecule has 0 aliphatic heterocycles. The van der Waals surface area contributed by atoms with Gasteiger partial charge in [0.2, 0.25) is 5.91 Å². The van der Waals surface area contributed by atoms with Crippen LogP contribution in [0.4, 0.5) is 0 Å². The molecule has 1 unspecified atom stereocenters. The van der Waals surface area contributed by atoms with Crippen LogP contribution in [0.2, 0.25) is 0 Å². The van der Waals surface area contributed by atoms with Crippen molar-refractivity contribution < 1.29 is 9.90 Å². The molecule has 0 aromatic rings. The van der Waals surface area contributed by atoms with Crippen molar-refractivity contribution in [3.05, 3.63) is 0 Å². The highest BCUT2D eigenvalue weighted by Gasteiger charge is 2.14. The first-order valence-electron chi connectivity index (χ1n) is 4.17. The second kappa shape index (κ2) is 5.97. The Hall–Kier alpha value is -0.610. The molecule has 0 radical (unpaired) electrons. The van der Waals surface area contributed by atoms with Gasteiger partial charge in [0.05, 0.1) is 6.61 Å². The Morgan fingerprint density at radius 2 is 2.08 bits per heavy atom. The van der Waals surface area contributed by atoms with E-state index in [-0.39, 0.29) is 12.5 Å². The molecule has 0 aromatic heterocycles. The zero-order valence-corrected chi connectivity index (χ0v) is 7.92. The van der Waals surface area contributed by atoms with E-state index in [2.05, 4.69) is 10.6 Å². The average Bonchev–Trinajstić information content (AvgIpc) is 2.04. The van der Waals surface area contributed by atoms with Crippen LogP contribution in [0.3, 0.4) is 0 Å².